The Balaban J connectivity index is 3.95. The molecule has 0 bridgehead atoms. The van der Waals surface area contributed by atoms with Crippen molar-refractivity contribution >= 4 is 19.8 Å². The summed E-state index contributed by atoms with van der Waals surface area (Å²) in [5, 5.41) is 0. The van der Waals surface area contributed by atoms with Crippen LogP contribution in [0.2, 0.25) is 0 Å². The zero-order chi connectivity index (χ0) is 58.7. The summed E-state index contributed by atoms with van der Waals surface area (Å²) in [7, 11) is -4.40. The summed E-state index contributed by atoms with van der Waals surface area (Å²) < 4.78 is 33.1. The number of rotatable bonds is 59. The van der Waals surface area contributed by atoms with Gasteiger partial charge >= 0.3 is 19.8 Å². The van der Waals surface area contributed by atoms with Crippen LogP contribution in [-0.4, -0.2) is 49.3 Å². The molecule has 0 aromatic heterocycles. The van der Waals surface area contributed by atoms with Crippen LogP contribution in [0.1, 0.15) is 258 Å². The van der Waals surface area contributed by atoms with Gasteiger partial charge in [0.05, 0.1) is 13.2 Å². The third kappa shape index (κ3) is 64.9. The third-order valence-electron chi connectivity index (χ3n) is 13.2. The second-order valence-electron chi connectivity index (χ2n) is 20.9. The maximum absolute atomic E-state index is 12.7. The van der Waals surface area contributed by atoms with Crippen molar-refractivity contribution < 1.29 is 37.6 Å². The van der Waals surface area contributed by atoms with Crippen molar-refractivity contribution in [3.05, 3.63) is 146 Å². The Morgan fingerprint density at radius 3 is 0.951 bits per heavy atom. The maximum Gasteiger partial charge on any atom is 0.472 e. The molecule has 0 fully saturated rings. The summed E-state index contributed by atoms with van der Waals surface area (Å²) in [5.41, 5.74) is 5.39. The minimum atomic E-state index is -4.40. The molecule has 0 aromatic rings. The summed E-state index contributed by atoms with van der Waals surface area (Å²) in [6.07, 6.45) is 93.4. The fraction of sp³-hybridized carbons (Fsp3) is 0.634. The van der Waals surface area contributed by atoms with Crippen LogP contribution in [-0.2, 0) is 32.7 Å². The molecular formula is C71H118NO8P. The van der Waals surface area contributed by atoms with Gasteiger partial charge in [0.15, 0.2) is 6.10 Å². The number of unbranched alkanes of at least 4 members (excludes halogenated alkanes) is 22. The number of ether oxygens (including phenoxy) is 2. The first-order chi connectivity index (χ1) is 39.8. The average molecular weight is 1140 g/mol. The molecule has 0 heterocycles. The Hall–Kier alpha value is -4.11. The molecule has 0 amide bonds. The molecule has 0 aromatic carbocycles. The predicted molar refractivity (Wildman–Crippen MR) is 348 cm³/mol. The zero-order valence-corrected chi connectivity index (χ0v) is 52.4. The molecule has 2 atom stereocenters. The van der Waals surface area contributed by atoms with Gasteiger partial charge in [-0.05, 0) is 116 Å². The molecule has 10 heteroatoms. The summed E-state index contributed by atoms with van der Waals surface area (Å²) in [6, 6.07) is 0. The van der Waals surface area contributed by atoms with Crippen molar-refractivity contribution in [1.29, 1.82) is 0 Å². The van der Waals surface area contributed by atoms with Crippen LogP contribution in [0.25, 0.3) is 0 Å². The van der Waals surface area contributed by atoms with Crippen molar-refractivity contribution in [2.24, 2.45) is 5.73 Å². The summed E-state index contributed by atoms with van der Waals surface area (Å²) in [4.78, 5) is 35.3. The van der Waals surface area contributed by atoms with Crippen LogP contribution >= 0.6 is 7.82 Å². The van der Waals surface area contributed by atoms with E-state index in [1.807, 2.05) is 0 Å². The summed E-state index contributed by atoms with van der Waals surface area (Å²) in [5.74, 6) is -0.845. The molecule has 0 aliphatic heterocycles. The molecule has 81 heavy (non-hydrogen) atoms. The molecule has 460 valence electrons. The number of hydrogen-bond donors (Lipinski definition) is 2. The second kappa shape index (κ2) is 65.0. The fourth-order valence-electron chi connectivity index (χ4n) is 8.53. The maximum atomic E-state index is 12.7. The molecule has 9 nitrogen and oxygen atoms in total. The van der Waals surface area contributed by atoms with Crippen LogP contribution in [0, 0.1) is 0 Å². The number of esters is 2. The van der Waals surface area contributed by atoms with Crippen LogP contribution < -0.4 is 5.73 Å². The van der Waals surface area contributed by atoms with Gasteiger partial charge in [0, 0.05) is 19.4 Å². The average Bonchev–Trinajstić information content (AvgIpc) is 3.46. The van der Waals surface area contributed by atoms with Gasteiger partial charge in [-0.1, -0.05) is 275 Å². The molecule has 0 spiro atoms. The first-order valence-corrected chi connectivity index (χ1v) is 33.8. The number of nitrogens with two attached hydrogens (primary N) is 1. The predicted octanol–water partition coefficient (Wildman–Crippen LogP) is 21.1. The van der Waals surface area contributed by atoms with Crippen molar-refractivity contribution in [2.75, 3.05) is 26.4 Å². The normalized spacial score (nSPS) is 14.0. The number of allylic oxidation sites excluding steroid dienone is 24. The topological polar surface area (TPSA) is 134 Å². The second-order valence-corrected chi connectivity index (χ2v) is 22.3. The van der Waals surface area contributed by atoms with Crippen molar-refractivity contribution in [3.8, 4) is 0 Å². The monoisotopic (exact) mass is 1140 g/mol. The lowest BCUT2D eigenvalue weighted by Crippen LogP contribution is -2.29. The van der Waals surface area contributed by atoms with E-state index in [4.69, 9.17) is 24.3 Å². The zero-order valence-electron chi connectivity index (χ0n) is 51.5. The number of phosphoric acid groups is 1. The summed E-state index contributed by atoms with van der Waals surface area (Å²) in [6.45, 7) is 3.50. The lowest BCUT2D eigenvalue weighted by Gasteiger charge is -2.19. The van der Waals surface area contributed by atoms with E-state index in [-0.39, 0.29) is 32.6 Å². The Morgan fingerprint density at radius 1 is 0.370 bits per heavy atom. The number of carbonyl (C=O) groups excluding carboxylic acids is 2. The first-order valence-electron chi connectivity index (χ1n) is 32.3. The molecule has 0 saturated carbocycles. The van der Waals surface area contributed by atoms with E-state index in [0.29, 0.717) is 12.8 Å². The molecule has 2 unspecified atom stereocenters. The van der Waals surface area contributed by atoms with Crippen LogP contribution in [0.15, 0.2) is 146 Å². The molecule has 0 radical (unpaired) electrons. The van der Waals surface area contributed by atoms with E-state index in [9.17, 15) is 19.0 Å². The van der Waals surface area contributed by atoms with Gasteiger partial charge in [-0.2, -0.15) is 0 Å². The van der Waals surface area contributed by atoms with Gasteiger partial charge in [-0.25, -0.2) is 4.57 Å². The number of hydrogen-bond acceptors (Lipinski definition) is 8. The lowest BCUT2D eigenvalue weighted by molar-refractivity contribution is -0.161. The van der Waals surface area contributed by atoms with Gasteiger partial charge in [-0.3, -0.25) is 18.6 Å². The van der Waals surface area contributed by atoms with Crippen molar-refractivity contribution in [3.63, 3.8) is 0 Å². The lowest BCUT2D eigenvalue weighted by atomic mass is 10.0. The Morgan fingerprint density at radius 2 is 0.642 bits per heavy atom. The number of phosphoric ester groups is 1. The third-order valence-corrected chi connectivity index (χ3v) is 14.2. The molecular weight excluding hydrogens is 1030 g/mol. The van der Waals surface area contributed by atoms with Crippen molar-refractivity contribution in [1.82, 2.24) is 0 Å². The molecule has 3 N–H and O–H groups in total. The first kappa shape index (κ1) is 76.9. The highest BCUT2D eigenvalue weighted by Crippen LogP contribution is 2.43. The highest BCUT2D eigenvalue weighted by Gasteiger charge is 2.26. The van der Waals surface area contributed by atoms with Gasteiger partial charge in [-0.15, -0.1) is 0 Å². The minimum Gasteiger partial charge on any atom is -0.462 e. The highest BCUT2D eigenvalue weighted by molar-refractivity contribution is 7.47. The Labute approximate surface area is 496 Å². The SMILES string of the molecule is CC/C=C\C/C=C\C/C=C\C/C=C\C/C=C\C/C=C\C/C=C\CCCCCCCCCCCCCCCCCC(=O)OC(COC(=O)CCCCCCCCC/C=C\C/C=C\C/C=C\C/C=C\C/C=C\CC)COP(=O)(O)OCCN. The van der Waals surface area contributed by atoms with Gasteiger partial charge in [0.2, 0.25) is 0 Å². The smallest absolute Gasteiger partial charge is 0.462 e. The summed E-state index contributed by atoms with van der Waals surface area (Å²) >= 11 is 0. The minimum absolute atomic E-state index is 0.0454. The van der Waals surface area contributed by atoms with E-state index in [2.05, 4.69) is 160 Å². The van der Waals surface area contributed by atoms with Gasteiger partial charge in [0.1, 0.15) is 6.61 Å². The van der Waals surface area contributed by atoms with Gasteiger partial charge < -0.3 is 20.1 Å². The van der Waals surface area contributed by atoms with Crippen LogP contribution in [0.4, 0.5) is 0 Å². The van der Waals surface area contributed by atoms with E-state index in [1.54, 1.807) is 0 Å². The van der Waals surface area contributed by atoms with E-state index < -0.39 is 32.5 Å². The fourth-order valence-corrected chi connectivity index (χ4v) is 9.29. The van der Waals surface area contributed by atoms with Crippen molar-refractivity contribution in [2.45, 2.75) is 264 Å². The molecule has 0 aliphatic carbocycles. The highest BCUT2D eigenvalue weighted by atomic mass is 31.2. The van der Waals surface area contributed by atoms with E-state index >= 15 is 0 Å². The Kier molecular flexibility index (Phi) is 61.7. The van der Waals surface area contributed by atoms with E-state index in [0.717, 1.165) is 122 Å². The largest absolute Gasteiger partial charge is 0.472 e. The molecule has 0 saturated heterocycles. The standard InChI is InChI=1S/C71H118NO8P/c1-3-5-7-9-11-13-15-17-19-21-23-25-27-28-29-30-31-32-33-34-35-36-37-38-39-40-42-44-46-48-50-52-54-56-58-60-62-64-71(74)80-69(68-79-81(75,76)78-66-65-72)67-77-70(73)63-61-59-57-55-53-51-49-47-45-43-41-26-24-22-20-18-16-14-12-10-8-6-4-2/h5-8,11-14,17-20,23-26,28-29,31-32,34-35,43,45,69H,3-4,9-10,15-16,21-22,27,30,33,36-42,44,46-68,72H2,1-2H3,(H,75,76)/b7-5-,8-6-,13-11-,14-12-,19-17-,20-18-,25-23-,26-24-,29-28-,32-31-,35-34-,45-43-. The number of carbonyl (C=O) groups is 2. The molecule has 0 aliphatic rings. The Bertz CT molecular complexity index is 1830. The van der Waals surface area contributed by atoms with Gasteiger partial charge in [0.25, 0.3) is 0 Å². The quantitative estimate of drug-likeness (QED) is 0.0264. The van der Waals surface area contributed by atoms with E-state index in [1.165, 1.54) is 96.3 Å². The van der Waals surface area contributed by atoms with Crippen LogP contribution in [0.5, 0.6) is 0 Å². The molecule has 0 rings (SSSR count). The van der Waals surface area contributed by atoms with Crippen LogP contribution in [0.3, 0.4) is 0 Å².